The number of hydrogen-bond donors (Lipinski definition) is 1. The van der Waals surface area contributed by atoms with Crippen molar-refractivity contribution in [2.24, 2.45) is 17.3 Å². The summed E-state index contributed by atoms with van der Waals surface area (Å²) in [4.78, 5) is 2.58. The summed E-state index contributed by atoms with van der Waals surface area (Å²) >= 11 is 0. The van der Waals surface area contributed by atoms with Crippen molar-refractivity contribution >= 4 is 0 Å². The van der Waals surface area contributed by atoms with E-state index >= 15 is 0 Å². The summed E-state index contributed by atoms with van der Waals surface area (Å²) in [6, 6.07) is 4.68. The maximum absolute atomic E-state index is 10.9. The van der Waals surface area contributed by atoms with Crippen LogP contribution in [0.3, 0.4) is 0 Å². The fraction of sp³-hybridized carbons (Fsp3) is 0.750. The van der Waals surface area contributed by atoms with E-state index in [-0.39, 0.29) is 11.5 Å². The van der Waals surface area contributed by atoms with Crippen molar-refractivity contribution in [3.8, 4) is 11.5 Å². The third-order valence-corrected chi connectivity index (χ3v) is 6.95. The molecule has 2 fully saturated rings. The molecule has 0 amide bonds. The van der Waals surface area contributed by atoms with Gasteiger partial charge in [0, 0.05) is 19.1 Å². The standard InChI is InChI=1S/C24H37NO3/c1-24(2,3)13-18-14-25-9-8-17-10-23(28-15-16-6-5-7-16)22(27-4)11-19(17)20(25)12-21(18)26/h10-11,16,18,20-21,26H,5-9,12-15H2,1-4H3/t18-,20-,21-/m1/s1. The van der Waals surface area contributed by atoms with Gasteiger partial charge >= 0.3 is 0 Å². The molecule has 2 aliphatic heterocycles. The zero-order valence-electron chi connectivity index (χ0n) is 18.0. The van der Waals surface area contributed by atoms with Gasteiger partial charge in [0.15, 0.2) is 11.5 Å². The summed E-state index contributed by atoms with van der Waals surface area (Å²) in [7, 11) is 1.73. The molecule has 156 valence electrons. The van der Waals surface area contributed by atoms with E-state index < -0.39 is 0 Å². The first-order valence-corrected chi connectivity index (χ1v) is 11.1. The van der Waals surface area contributed by atoms with Gasteiger partial charge in [0.1, 0.15) is 0 Å². The zero-order chi connectivity index (χ0) is 19.9. The van der Waals surface area contributed by atoms with E-state index in [4.69, 9.17) is 9.47 Å². The third-order valence-electron chi connectivity index (χ3n) is 6.95. The number of rotatable bonds is 5. The summed E-state index contributed by atoms with van der Waals surface area (Å²) in [5.41, 5.74) is 2.95. The molecule has 0 radical (unpaired) electrons. The first-order valence-electron chi connectivity index (χ1n) is 11.1. The minimum absolute atomic E-state index is 0.230. The molecule has 0 spiro atoms. The SMILES string of the molecule is COc1cc2c(cc1OCC1CCC1)CCN1C[C@@H](CC(C)(C)C)[C@H](O)C[C@H]21. The van der Waals surface area contributed by atoms with Gasteiger partial charge in [-0.25, -0.2) is 0 Å². The molecule has 1 saturated heterocycles. The maximum atomic E-state index is 10.9. The van der Waals surface area contributed by atoms with Crippen LogP contribution in [-0.2, 0) is 6.42 Å². The predicted octanol–water partition coefficient (Wildman–Crippen LogP) is 4.59. The highest BCUT2D eigenvalue weighted by Crippen LogP contribution is 2.44. The molecular weight excluding hydrogens is 350 g/mol. The maximum Gasteiger partial charge on any atom is 0.161 e. The van der Waals surface area contributed by atoms with E-state index in [0.29, 0.717) is 17.9 Å². The molecule has 3 aliphatic rings. The van der Waals surface area contributed by atoms with Crippen LogP contribution in [0.15, 0.2) is 12.1 Å². The van der Waals surface area contributed by atoms with Crippen LogP contribution in [0.1, 0.15) is 70.0 Å². The van der Waals surface area contributed by atoms with Crippen LogP contribution in [0.5, 0.6) is 11.5 Å². The second kappa shape index (κ2) is 7.87. The smallest absolute Gasteiger partial charge is 0.161 e. The van der Waals surface area contributed by atoms with Crippen LogP contribution in [0.4, 0.5) is 0 Å². The number of ether oxygens (including phenoxy) is 2. The number of piperidine rings is 1. The molecule has 2 heterocycles. The van der Waals surface area contributed by atoms with Crippen LogP contribution < -0.4 is 9.47 Å². The quantitative estimate of drug-likeness (QED) is 0.802. The van der Waals surface area contributed by atoms with Gasteiger partial charge in [-0.05, 0) is 72.6 Å². The van der Waals surface area contributed by atoms with Crippen molar-refractivity contribution in [2.45, 2.75) is 71.4 Å². The lowest BCUT2D eigenvalue weighted by Crippen LogP contribution is -2.48. The molecule has 28 heavy (non-hydrogen) atoms. The molecular formula is C24H37NO3. The summed E-state index contributed by atoms with van der Waals surface area (Å²) in [6.45, 7) is 9.68. The molecule has 4 rings (SSSR count). The molecule has 0 aromatic heterocycles. The van der Waals surface area contributed by atoms with Crippen LogP contribution in [0.2, 0.25) is 0 Å². The molecule has 1 N–H and O–H groups in total. The molecule has 1 aromatic carbocycles. The second-order valence-electron chi connectivity index (χ2n) is 10.4. The van der Waals surface area contributed by atoms with E-state index in [1.807, 2.05) is 0 Å². The van der Waals surface area contributed by atoms with Crippen molar-refractivity contribution in [2.75, 3.05) is 26.8 Å². The Morgan fingerprint density at radius 3 is 2.61 bits per heavy atom. The van der Waals surface area contributed by atoms with Gasteiger partial charge in [-0.2, -0.15) is 0 Å². The van der Waals surface area contributed by atoms with Gasteiger partial charge in [0.05, 0.1) is 19.8 Å². The molecule has 3 atom stereocenters. The van der Waals surface area contributed by atoms with Gasteiger partial charge in [-0.1, -0.05) is 27.2 Å². The lowest BCUT2D eigenvalue weighted by atomic mass is 9.75. The minimum Gasteiger partial charge on any atom is -0.493 e. The topological polar surface area (TPSA) is 41.9 Å². The summed E-state index contributed by atoms with van der Waals surface area (Å²) in [6.07, 6.45) is 6.63. The Labute approximate surface area is 170 Å². The van der Waals surface area contributed by atoms with E-state index in [1.165, 1.54) is 30.4 Å². The predicted molar refractivity (Wildman–Crippen MR) is 112 cm³/mol. The number of methoxy groups -OCH3 is 1. The highest BCUT2D eigenvalue weighted by molar-refractivity contribution is 5.49. The number of fused-ring (bicyclic) bond motifs is 3. The number of aliphatic hydroxyl groups excluding tert-OH is 1. The Morgan fingerprint density at radius 2 is 1.96 bits per heavy atom. The Kier molecular flexibility index (Phi) is 5.63. The van der Waals surface area contributed by atoms with Gasteiger partial charge in [-0.3, -0.25) is 4.90 Å². The Bertz CT molecular complexity index is 692. The number of aliphatic hydroxyl groups is 1. The number of hydrogen-bond acceptors (Lipinski definition) is 4. The highest BCUT2D eigenvalue weighted by atomic mass is 16.5. The molecule has 0 bridgehead atoms. The molecule has 4 heteroatoms. The van der Waals surface area contributed by atoms with Crippen molar-refractivity contribution in [3.63, 3.8) is 0 Å². The lowest BCUT2D eigenvalue weighted by Gasteiger charge is -2.47. The lowest BCUT2D eigenvalue weighted by molar-refractivity contribution is -0.0259. The Balaban J connectivity index is 1.52. The summed E-state index contributed by atoms with van der Waals surface area (Å²) < 4.78 is 11.8. The van der Waals surface area contributed by atoms with Gasteiger partial charge in [0.2, 0.25) is 0 Å². The molecule has 1 aliphatic carbocycles. The van der Waals surface area contributed by atoms with Crippen molar-refractivity contribution in [1.29, 1.82) is 0 Å². The largest absolute Gasteiger partial charge is 0.493 e. The minimum atomic E-state index is -0.230. The van der Waals surface area contributed by atoms with E-state index in [1.54, 1.807) is 7.11 Å². The second-order valence-corrected chi connectivity index (χ2v) is 10.4. The first kappa shape index (κ1) is 20.0. The summed E-state index contributed by atoms with van der Waals surface area (Å²) in [5.74, 6) is 2.81. The van der Waals surface area contributed by atoms with Crippen LogP contribution in [-0.4, -0.2) is 42.9 Å². The van der Waals surface area contributed by atoms with Gasteiger partial charge < -0.3 is 14.6 Å². The first-order chi connectivity index (χ1) is 13.3. The van der Waals surface area contributed by atoms with E-state index in [9.17, 15) is 5.11 Å². The van der Waals surface area contributed by atoms with Crippen LogP contribution in [0, 0.1) is 17.3 Å². The fourth-order valence-corrected chi connectivity index (χ4v) is 5.23. The Morgan fingerprint density at radius 1 is 1.18 bits per heavy atom. The highest BCUT2D eigenvalue weighted by Gasteiger charge is 2.39. The zero-order valence-corrected chi connectivity index (χ0v) is 18.0. The molecule has 4 nitrogen and oxygen atoms in total. The Hall–Kier alpha value is -1.26. The molecule has 0 unspecified atom stereocenters. The number of benzene rings is 1. The van der Waals surface area contributed by atoms with Gasteiger partial charge in [0.25, 0.3) is 0 Å². The van der Waals surface area contributed by atoms with Crippen molar-refractivity contribution in [1.82, 2.24) is 4.90 Å². The van der Waals surface area contributed by atoms with E-state index in [0.717, 1.165) is 50.5 Å². The average Bonchev–Trinajstić information content (AvgIpc) is 2.59. The van der Waals surface area contributed by atoms with Crippen LogP contribution >= 0.6 is 0 Å². The molecule has 1 aromatic rings. The van der Waals surface area contributed by atoms with Crippen LogP contribution in [0.25, 0.3) is 0 Å². The number of nitrogens with zero attached hydrogens (tertiary/aromatic N) is 1. The normalized spacial score (nSPS) is 28.2. The monoisotopic (exact) mass is 387 g/mol. The third kappa shape index (κ3) is 4.18. The van der Waals surface area contributed by atoms with Crippen molar-refractivity contribution < 1.29 is 14.6 Å². The van der Waals surface area contributed by atoms with E-state index in [2.05, 4.69) is 37.8 Å². The fourth-order valence-electron chi connectivity index (χ4n) is 5.23. The molecule has 1 saturated carbocycles. The van der Waals surface area contributed by atoms with Gasteiger partial charge in [-0.15, -0.1) is 0 Å². The van der Waals surface area contributed by atoms with Crippen molar-refractivity contribution in [3.05, 3.63) is 23.3 Å². The average molecular weight is 388 g/mol. The summed E-state index contributed by atoms with van der Waals surface area (Å²) in [5, 5.41) is 10.9.